The molecule has 1 aliphatic heterocycles. The molecule has 0 aliphatic carbocycles. The normalized spacial score (nSPS) is 13.0. The van der Waals surface area contributed by atoms with Gasteiger partial charge in [0.15, 0.2) is 0 Å². The van der Waals surface area contributed by atoms with Gasteiger partial charge in [0.2, 0.25) is 17.7 Å². The Morgan fingerprint density at radius 2 is 1.03 bits per heavy atom. The van der Waals surface area contributed by atoms with E-state index >= 15 is 0 Å². The molecule has 0 aromatic carbocycles. The highest BCUT2D eigenvalue weighted by atomic mass is 16.7. The first-order chi connectivity index (χ1) is 28.6. The standard InChI is InChI=1S/C41H70N4O14/c46-25-17-15-13-11-9-7-5-3-1-2-4-6-8-10-12-14-16-18-36(48)44-34(41(53)54)19-20-35(47)42-23-26-55-28-30-57-32-37(49)43-24-27-56-29-31-58-33-40(52)59-45-38(50)21-22-39(45)51/h25,34H,1-24,26-33H2,(H,42,47)(H,43,49)(H,44,48)(H,53,54). The first kappa shape index (κ1) is 53.0. The van der Waals surface area contributed by atoms with Crippen LogP contribution in [0.3, 0.4) is 0 Å². The lowest BCUT2D eigenvalue weighted by atomic mass is 10.0. The van der Waals surface area contributed by atoms with E-state index in [0.717, 1.165) is 32.0 Å². The van der Waals surface area contributed by atoms with Gasteiger partial charge in [-0.2, -0.15) is 0 Å². The summed E-state index contributed by atoms with van der Waals surface area (Å²) in [5.74, 6) is -4.25. The van der Waals surface area contributed by atoms with Gasteiger partial charge < -0.3 is 49.6 Å². The summed E-state index contributed by atoms with van der Waals surface area (Å²) in [5, 5.41) is 17.7. The van der Waals surface area contributed by atoms with Crippen molar-refractivity contribution >= 4 is 47.8 Å². The molecule has 1 saturated heterocycles. The molecular formula is C41H70N4O14. The van der Waals surface area contributed by atoms with Gasteiger partial charge in [-0.05, 0) is 19.3 Å². The highest BCUT2D eigenvalue weighted by Crippen LogP contribution is 2.15. The summed E-state index contributed by atoms with van der Waals surface area (Å²) in [6.45, 7) is 0.663. The first-order valence-corrected chi connectivity index (χ1v) is 21.5. The van der Waals surface area contributed by atoms with E-state index in [9.17, 15) is 43.5 Å². The third-order valence-corrected chi connectivity index (χ3v) is 9.30. The second kappa shape index (κ2) is 37.0. The van der Waals surface area contributed by atoms with Gasteiger partial charge in [0.25, 0.3) is 11.8 Å². The minimum absolute atomic E-state index is 0.00417. The van der Waals surface area contributed by atoms with Gasteiger partial charge in [0.05, 0.1) is 39.6 Å². The summed E-state index contributed by atoms with van der Waals surface area (Å²) in [6.07, 6.45) is 20.6. The van der Waals surface area contributed by atoms with Gasteiger partial charge >= 0.3 is 11.9 Å². The number of aldehydes is 1. The van der Waals surface area contributed by atoms with E-state index < -0.39 is 36.4 Å². The fraction of sp³-hybridized carbons (Fsp3) is 0.805. The number of rotatable bonds is 41. The fourth-order valence-corrected chi connectivity index (χ4v) is 6.00. The van der Waals surface area contributed by atoms with Crippen molar-refractivity contribution in [3.05, 3.63) is 0 Å². The minimum atomic E-state index is -1.18. The van der Waals surface area contributed by atoms with Crippen LogP contribution in [0.15, 0.2) is 0 Å². The van der Waals surface area contributed by atoms with Crippen molar-refractivity contribution in [2.45, 2.75) is 147 Å². The Kier molecular flexibility index (Phi) is 33.3. The predicted octanol–water partition coefficient (Wildman–Crippen LogP) is 3.46. The van der Waals surface area contributed by atoms with Gasteiger partial charge in [-0.1, -0.05) is 89.9 Å². The third kappa shape index (κ3) is 31.6. The van der Waals surface area contributed by atoms with Gasteiger partial charge in [0, 0.05) is 45.2 Å². The minimum Gasteiger partial charge on any atom is -0.480 e. The van der Waals surface area contributed by atoms with E-state index in [4.69, 9.17) is 18.9 Å². The van der Waals surface area contributed by atoms with E-state index in [2.05, 4.69) is 20.8 Å². The van der Waals surface area contributed by atoms with Crippen molar-refractivity contribution in [2.24, 2.45) is 0 Å². The summed E-state index contributed by atoms with van der Waals surface area (Å²) in [4.78, 5) is 97.4. The molecule has 18 heteroatoms. The number of carbonyl (C=O) groups is 8. The van der Waals surface area contributed by atoms with Crippen LogP contribution in [0.2, 0.25) is 0 Å². The number of hydroxylamine groups is 2. The number of unbranched alkanes of at least 4 members (excludes halogenated alkanes) is 16. The van der Waals surface area contributed by atoms with Crippen molar-refractivity contribution in [1.29, 1.82) is 0 Å². The van der Waals surface area contributed by atoms with E-state index in [-0.39, 0.29) is 109 Å². The SMILES string of the molecule is O=CCCCCCCCCCCCCCCCCCCC(=O)NC(CCC(=O)NCCOCCOCC(=O)NCCOCCOCC(=O)ON1C(=O)CCC1=O)C(=O)O. The van der Waals surface area contributed by atoms with Gasteiger partial charge in [-0.25, -0.2) is 9.59 Å². The Morgan fingerprint density at radius 1 is 0.576 bits per heavy atom. The maximum Gasteiger partial charge on any atom is 0.358 e. The van der Waals surface area contributed by atoms with Crippen LogP contribution in [0.4, 0.5) is 0 Å². The van der Waals surface area contributed by atoms with Crippen molar-refractivity contribution in [3.8, 4) is 0 Å². The summed E-state index contributed by atoms with van der Waals surface area (Å²) < 4.78 is 21.0. The van der Waals surface area contributed by atoms with Gasteiger partial charge in [0.1, 0.15) is 25.5 Å². The van der Waals surface area contributed by atoms with Gasteiger partial charge in [-0.15, -0.1) is 5.06 Å². The molecule has 1 fully saturated rings. The van der Waals surface area contributed by atoms with E-state index in [1.165, 1.54) is 70.6 Å². The molecule has 0 radical (unpaired) electrons. The lowest BCUT2D eigenvalue weighted by Gasteiger charge is -2.14. The first-order valence-electron chi connectivity index (χ1n) is 21.5. The number of hydrogen-bond acceptors (Lipinski definition) is 13. The zero-order valence-corrected chi connectivity index (χ0v) is 35.0. The maximum absolute atomic E-state index is 12.3. The number of aliphatic carboxylic acids is 1. The van der Waals surface area contributed by atoms with Crippen molar-refractivity contribution in [3.63, 3.8) is 0 Å². The second-order valence-electron chi connectivity index (χ2n) is 14.4. The molecule has 1 rings (SSSR count). The van der Waals surface area contributed by atoms with E-state index in [0.29, 0.717) is 17.9 Å². The zero-order valence-electron chi connectivity index (χ0n) is 35.0. The molecule has 18 nitrogen and oxygen atoms in total. The fourth-order valence-electron chi connectivity index (χ4n) is 6.00. The quantitative estimate of drug-likeness (QED) is 0.0392. The predicted molar refractivity (Wildman–Crippen MR) is 214 cm³/mol. The van der Waals surface area contributed by atoms with Crippen molar-refractivity contribution in [2.75, 3.05) is 65.9 Å². The Morgan fingerprint density at radius 3 is 1.54 bits per heavy atom. The third-order valence-electron chi connectivity index (χ3n) is 9.30. The Bertz CT molecular complexity index is 1200. The van der Waals surface area contributed by atoms with E-state index in [1.54, 1.807) is 0 Å². The average molecular weight is 843 g/mol. The number of carboxylic acids is 1. The second-order valence-corrected chi connectivity index (χ2v) is 14.4. The molecule has 338 valence electrons. The Labute approximate surface area is 348 Å². The van der Waals surface area contributed by atoms with Crippen LogP contribution in [-0.4, -0.2) is 130 Å². The largest absolute Gasteiger partial charge is 0.480 e. The smallest absolute Gasteiger partial charge is 0.358 e. The number of imide groups is 1. The maximum atomic E-state index is 12.3. The molecule has 0 saturated carbocycles. The van der Waals surface area contributed by atoms with Crippen LogP contribution in [0.25, 0.3) is 0 Å². The van der Waals surface area contributed by atoms with Crippen LogP contribution >= 0.6 is 0 Å². The molecule has 5 amide bonds. The Hall–Kier alpha value is -4.00. The molecule has 0 aromatic heterocycles. The van der Waals surface area contributed by atoms with Crippen molar-refractivity contribution < 1.29 is 67.2 Å². The summed E-state index contributed by atoms with van der Waals surface area (Å²) in [7, 11) is 0. The molecule has 0 bridgehead atoms. The molecule has 1 aliphatic rings. The van der Waals surface area contributed by atoms with E-state index in [1.807, 2.05) is 0 Å². The van der Waals surface area contributed by atoms with Crippen LogP contribution in [-0.2, 0) is 62.1 Å². The molecule has 0 aromatic rings. The highest BCUT2D eigenvalue weighted by Gasteiger charge is 2.32. The van der Waals surface area contributed by atoms with Crippen LogP contribution in [0, 0.1) is 0 Å². The molecule has 1 atom stereocenters. The summed E-state index contributed by atoms with van der Waals surface area (Å²) in [6, 6.07) is -1.14. The molecule has 0 spiro atoms. The number of carbonyl (C=O) groups excluding carboxylic acids is 7. The lowest BCUT2D eigenvalue weighted by Crippen LogP contribution is -2.41. The number of hydrogen-bond donors (Lipinski definition) is 4. The average Bonchev–Trinajstić information content (AvgIpc) is 3.52. The number of ether oxygens (including phenoxy) is 4. The topological polar surface area (TPSA) is 242 Å². The molecule has 1 heterocycles. The van der Waals surface area contributed by atoms with Crippen LogP contribution < -0.4 is 16.0 Å². The highest BCUT2D eigenvalue weighted by molar-refractivity contribution is 6.01. The van der Waals surface area contributed by atoms with Crippen LogP contribution in [0.5, 0.6) is 0 Å². The number of amides is 5. The lowest BCUT2D eigenvalue weighted by molar-refractivity contribution is -0.200. The molecular weight excluding hydrogens is 772 g/mol. The number of nitrogens with zero attached hydrogens (tertiary/aromatic N) is 1. The van der Waals surface area contributed by atoms with Crippen LogP contribution in [0.1, 0.15) is 141 Å². The van der Waals surface area contributed by atoms with Gasteiger partial charge in [-0.3, -0.25) is 24.0 Å². The molecule has 59 heavy (non-hydrogen) atoms. The molecule has 1 unspecified atom stereocenters. The molecule has 4 N–H and O–H groups in total. The monoisotopic (exact) mass is 842 g/mol. The zero-order chi connectivity index (χ0) is 43.2. The number of carboxylic acid groups (broad SMARTS) is 1. The summed E-state index contributed by atoms with van der Waals surface area (Å²) >= 11 is 0. The number of nitrogens with one attached hydrogen (secondary N) is 3. The summed E-state index contributed by atoms with van der Waals surface area (Å²) in [5.41, 5.74) is 0. The Balaban J connectivity index is 1.90. The van der Waals surface area contributed by atoms with Crippen molar-refractivity contribution in [1.82, 2.24) is 21.0 Å².